The molecule has 4 heteroatoms. The van der Waals surface area contributed by atoms with Crippen molar-refractivity contribution >= 4 is 125 Å². The predicted molar refractivity (Wildman–Crippen MR) is 394 cm³/mol. The molecule has 0 unspecified atom stereocenters. The van der Waals surface area contributed by atoms with E-state index in [0.717, 1.165) is 55.9 Å². The molecule has 3 heterocycles. The monoisotopic (exact) mass is 1180 g/mol. The second-order valence-electron chi connectivity index (χ2n) is 24.5. The van der Waals surface area contributed by atoms with Gasteiger partial charge in [-0.3, -0.25) is 4.90 Å². The summed E-state index contributed by atoms with van der Waals surface area (Å²) in [5.74, 6) is 0.817. The van der Waals surface area contributed by atoms with Crippen LogP contribution in [0.4, 0.5) is 17.2 Å². The lowest BCUT2D eigenvalue weighted by atomic mass is 9.84. The van der Waals surface area contributed by atoms with Crippen LogP contribution in [0.1, 0.15) is 0 Å². The first kappa shape index (κ1) is 52.6. The van der Waals surface area contributed by atoms with Crippen molar-refractivity contribution in [1.29, 1.82) is 0 Å². The van der Waals surface area contributed by atoms with Crippen molar-refractivity contribution in [1.82, 2.24) is 14.1 Å². The lowest BCUT2D eigenvalue weighted by molar-refractivity contribution is 1.18. The Morgan fingerprint density at radius 3 is 0.925 bits per heavy atom. The largest absolute Gasteiger partial charge is 0.309 e. The number of nitrogens with zero attached hydrogens (tertiary/aromatic N) is 4. The van der Waals surface area contributed by atoms with Gasteiger partial charge in [0.2, 0.25) is 0 Å². The van der Waals surface area contributed by atoms with Crippen molar-refractivity contribution < 1.29 is 0 Å². The van der Waals surface area contributed by atoms with E-state index in [2.05, 4.69) is 342 Å². The molecule has 93 heavy (non-hydrogen) atoms. The first-order valence-corrected chi connectivity index (χ1v) is 32.0. The Labute approximate surface area is 537 Å². The molecular formula is C89H56N4. The van der Waals surface area contributed by atoms with Gasteiger partial charge in [-0.15, -0.1) is 0 Å². The van der Waals surface area contributed by atoms with Crippen molar-refractivity contribution in [3.8, 4) is 55.9 Å². The molecule has 0 atom stereocenters. The summed E-state index contributed by atoms with van der Waals surface area (Å²) in [5, 5.41) is 19.3. The second-order valence-corrected chi connectivity index (χ2v) is 24.5. The summed E-state index contributed by atoms with van der Waals surface area (Å²) >= 11 is 0. The fourth-order valence-corrected chi connectivity index (χ4v) is 15.4. The summed E-state index contributed by atoms with van der Waals surface area (Å²) in [7, 11) is 0. The van der Waals surface area contributed by atoms with Gasteiger partial charge >= 0.3 is 0 Å². The van der Waals surface area contributed by atoms with Gasteiger partial charge in [-0.2, -0.15) is 0 Å². The quantitative estimate of drug-likeness (QED) is 0.135. The normalized spacial score (nSPS) is 11.9. The van der Waals surface area contributed by atoms with Crippen molar-refractivity contribution in [2.75, 3.05) is 4.90 Å². The minimum atomic E-state index is 0.817. The zero-order chi connectivity index (χ0) is 61.1. The molecule has 0 aliphatic heterocycles. The van der Waals surface area contributed by atoms with E-state index in [1.54, 1.807) is 0 Å². The summed E-state index contributed by atoms with van der Waals surface area (Å²) in [5.41, 5.74) is 18.4. The van der Waals surface area contributed by atoms with Crippen LogP contribution >= 0.6 is 0 Å². The number of rotatable bonds is 9. The van der Waals surface area contributed by atoms with Gasteiger partial charge in [0, 0.05) is 50.5 Å². The molecule has 19 aromatic rings. The van der Waals surface area contributed by atoms with Crippen LogP contribution < -0.4 is 4.90 Å². The molecule has 0 bridgehead atoms. The molecule has 0 amide bonds. The Morgan fingerprint density at radius 1 is 0.215 bits per heavy atom. The SMILES string of the molecule is c1ccc(N(c2ccc3c(-c4ccc(-n5c6ccccc6c6ccccc65)cc4)c4ccccc4c(-c4ccc(-n5c6ccccc6c6ccccc65)cc4)c3c2)c2ccc3c(-c4ccc5ccccc5c4)c4ccccc4c(-c4ccc5ccccc5c4)c3c2)nc1. The topological polar surface area (TPSA) is 26.0 Å². The number of aromatic nitrogens is 3. The first-order chi connectivity index (χ1) is 46.1. The molecule has 0 fully saturated rings. The minimum absolute atomic E-state index is 0.817. The van der Waals surface area contributed by atoms with Crippen LogP contribution in [0.3, 0.4) is 0 Å². The molecule has 0 saturated carbocycles. The molecule has 0 saturated heterocycles. The molecule has 0 spiro atoms. The number of benzene rings is 16. The van der Waals surface area contributed by atoms with Crippen LogP contribution in [0.5, 0.6) is 0 Å². The fraction of sp³-hybridized carbons (Fsp3) is 0. The molecular weight excluding hydrogens is 1130 g/mol. The van der Waals surface area contributed by atoms with Crippen LogP contribution in [0, 0.1) is 0 Å². The maximum atomic E-state index is 5.21. The fourth-order valence-electron chi connectivity index (χ4n) is 15.4. The highest BCUT2D eigenvalue weighted by Gasteiger charge is 2.25. The smallest absolute Gasteiger partial charge is 0.137 e. The second kappa shape index (κ2) is 21.1. The predicted octanol–water partition coefficient (Wildman–Crippen LogP) is 24.3. The molecule has 3 aromatic heterocycles. The Hall–Kier alpha value is -12.4. The van der Waals surface area contributed by atoms with Gasteiger partial charge in [-0.05, 0) is 206 Å². The molecule has 432 valence electrons. The summed E-state index contributed by atoms with van der Waals surface area (Å²) in [6.07, 6.45) is 1.91. The summed E-state index contributed by atoms with van der Waals surface area (Å²) < 4.78 is 4.81. The van der Waals surface area contributed by atoms with Crippen molar-refractivity contribution in [2.45, 2.75) is 0 Å². The van der Waals surface area contributed by atoms with E-state index in [-0.39, 0.29) is 0 Å². The third kappa shape index (κ3) is 8.36. The van der Waals surface area contributed by atoms with Gasteiger partial charge in [0.25, 0.3) is 0 Å². The van der Waals surface area contributed by atoms with E-state index in [1.807, 2.05) is 12.3 Å². The van der Waals surface area contributed by atoms with E-state index in [9.17, 15) is 0 Å². The van der Waals surface area contributed by atoms with Gasteiger partial charge in [-0.25, -0.2) is 4.98 Å². The standard InChI is InChI=1S/C89H56N4/c1-3-21-61-53-63(38-36-57(61)19-1)88-75-29-7-8-30-76(75)89(64-39-37-58-20-2-4-22-62(58)54-64)80-56-68(49-51-78(80)88)91(85-35-17-18-52-90-85)67-48-50-77-79(55-67)87(60-42-46-66(47-43-60)93-83-33-15-11-25-71(83)72-26-12-16-34-84(72)93)74-28-6-5-27-73(74)86(77)59-40-44-65(45-41-59)92-81-31-13-9-23-69(81)70-24-10-14-32-82(70)92/h1-56H. The molecule has 0 aliphatic rings. The van der Waals surface area contributed by atoms with Crippen molar-refractivity contribution in [3.63, 3.8) is 0 Å². The third-order valence-corrected chi connectivity index (χ3v) is 19.5. The van der Waals surface area contributed by atoms with E-state index in [4.69, 9.17) is 4.98 Å². The Kier molecular flexibility index (Phi) is 11.9. The van der Waals surface area contributed by atoms with Crippen LogP contribution in [0.15, 0.2) is 340 Å². The van der Waals surface area contributed by atoms with Crippen LogP contribution in [-0.4, -0.2) is 14.1 Å². The average Bonchev–Trinajstić information content (AvgIpc) is 1.79. The van der Waals surface area contributed by atoms with Gasteiger partial charge in [0.05, 0.1) is 22.1 Å². The molecule has 0 N–H and O–H groups in total. The van der Waals surface area contributed by atoms with Gasteiger partial charge in [0.15, 0.2) is 0 Å². The zero-order valence-electron chi connectivity index (χ0n) is 50.6. The van der Waals surface area contributed by atoms with Crippen molar-refractivity contribution in [3.05, 3.63) is 340 Å². The Morgan fingerprint density at radius 2 is 0.527 bits per heavy atom. The summed E-state index contributed by atoms with van der Waals surface area (Å²) in [6, 6.07) is 123. The Balaban J connectivity index is 0.855. The molecule has 0 aliphatic carbocycles. The number of pyridine rings is 1. The highest BCUT2D eigenvalue weighted by molar-refractivity contribution is 6.25. The molecule has 0 radical (unpaired) electrons. The van der Waals surface area contributed by atoms with E-state index in [0.29, 0.717) is 0 Å². The highest BCUT2D eigenvalue weighted by Crippen LogP contribution is 2.50. The average molecular weight is 1180 g/mol. The lowest BCUT2D eigenvalue weighted by Crippen LogP contribution is -2.11. The maximum absolute atomic E-state index is 5.21. The number of hydrogen-bond acceptors (Lipinski definition) is 2. The number of fused-ring (bicyclic) bond motifs is 12. The van der Waals surface area contributed by atoms with Gasteiger partial charge < -0.3 is 9.13 Å². The first-order valence-electron chi connectivity index (χ1n) is 32.0. The minimum Gasteiger partial charge on any atom is -0.309 e. The molecule has 16 aromatic carbocycles. The highest BCUT2D eigenvalue weighted by atomic mass is 15.2. The maximum Gasteiger partial charge on any atom is 0.137 e. The number of para-hydroxylation sites is 4. The molecule has 19 rings (SSSR count). The van der Waals surface area contributed by atoms with E-state index in [1.165, 1.54) is 125 Å². The van der Waals surface area contributed by atoms with Gasteiger partial charge in [-0.1, -0.05) is 237 Å². The van der Waals surface area contributed by atoms with Crippen LogP contribution in [-0.2, 0) is 0 Å². The zero-order valence-corrected chi connectivity index (χ0v) is 50.6. The number of hydrogen-bond donors (Lipinski definition) is 0. The summed E-state index contributed by atoms with van der Waals surface area (Å²) in [6.45, 7) is 0. The third-order valence-electron chi connectivity index (χ3n) is 19.5. The summed E-state index contributed by atoms with van der Waals surface area (Å²) in [4.78, 5) is 7.57. The number of anilines is 3. The molecule has 4 nitrogen and oxygen atoms in total. The van der Waals surface area contributed by atoms with E-state index >= 15 is 0 Å². The van der Waals surface area contributed by atoms with Crippen LogP contribution in [0.2, 0.25) is 0 Å². The van der Waals surface area contributed by atoms with Crippen molar-refractivity contribution in [2.24, 2.45) is 0 Å². The Bertz CT molecular complexity index is 6130. The van der Waals surface area contributed by atoms with Gasteiger partial charge in [0.1, 0.15) is 5.82 Å². The van der Waals surface area contributed by atoms with E-state index < -0.39 is 0 Å². The lowest BCUT2D eigenvalue weighted by Gasteiger charge is -2.27. The van der Waals surface area contributed by atoms with Crippen LogP contribution in [0.25, 0.3) is 164 Å².